The fourth-order valence-electron chi connectivity index (χ4n) is 7.21. The van der Waals surface area contributed by atoms with Crippen molar-refractivity contribution in [3.63, 3.8) is 0 Å². The summed E-state index contributed by atoms with van der Waals surface area (Å²) in [7, 11) is 0. The summed E-state index contributed by atoms with van der Waals surface area (Å²) in [6.45, 7) is 22.4. The van der Waals surface area contributed by atoms with Crippen molar-refractivity contribution in [3.05, 3.63) is 164 Å². The topological polar surface area (TPSA) is 58.9 Å². The molecule has 0 amide bonds. The summed E-state index contributed by atoms with van der Waals surface area (Å²) in [5.74, 6) is 1.15. The number of aliphatic hydroxyl groups excluding tert-OH is 2. The van der Waals surface area contributed by atoms with E-state index in [4.69, 9.17) is 9.47 Å². The van der Waals surface area contributed by atoms with Crippen molar-refractivity contribution >= 4 is 12.2 Å². The molecule has 4 nitrogen and oxygen atoms in total. The minimum Gasteiger partial charge on any atom is -0.494 e. The Labute approximate surface area is 305 Å². The fourth-order valence-corrected chi connectivity index (χ4v) is 7.21. The van der Waals surface area contributed by atoms with Gasteiger partial charge in [0.2, 0.25) is 0 Å². The highest BCUT2D eigenvalue weighted by atomic mass is 16.5. The van der Waals surface area contributed by atoms with Gasteiger partial charge >= 0.3 is 0 Å². The van der Waals surface area contributed by atoms with Crippen molar-refractivity contribution in [2.75, 3.05) is 26.4 Å². The number of aryl methyl sites for hydroxylation is 4. The number of allylic oxidation sites excluding steroid dienone is 2. The predicted molar refractivity (Wildman–Crippen MR) is 213 cm³/mol. The van der Waals surface area contributed by atoms with Crippen molar-refractivity contribution in [1.82, 2.24) is 0 Å². The van der Waals surface area contributed by atoms with Gasteiger partial charge in [-0.15, -0.1) is 0 Å². The molecule has 4 aromatic rings. The highest BCUT2D eigenvalue weighted by molar-refractivity contribution is 5.88. The lowest BCUT2D eigenvalue weighted by Crippen LogP contribution is -2.29. The maximum absolute atomic E-state index is 9.20. The predicted octanol–water partition coefficient (Wildman–Crippen LogP) is 10.3. The number of rotatable bonds is 16. The Kier molecular flexibility index (Phi) is 12.2. The highest BCUT2D eigenvalue weighted by Gasteiger charge is 2.47. The van der Waals surface area contributed by atoms with Crippen LogP contribution in [0.1, 0.15) is 93.5 Å². The molecule has 51 heavy (non-hydrogen) atoms. The smallest absolute Gasteiger partial charge is 0.112 e. The van der Waals surface area contributed by atoms with Gasteiger partial charge in [0.25, 0.3) is 0 Å². The first-order chi connectivity index (χ1) is 24.6. The van der Waals surface area contributed by atoms with Gasteiger partial charge in [0.15, 0.2) is 0 Å². The number of benzene rings is 4. The van der Waals surface area contributed by atoms with Crippen LogP contribution in [0.25, 0.3) is 23.3 Å². The third-order valence-electron chi connectivity index (χ3n) is 10.4. The number of hydrogen-bond donors (Lipinski definition) is 2. The lowest BCUT2D eigenvalue weighted by atomic mass is 9.66. The van der Waals surface area contributed by atoms with Crippen molar-refractivity contribution in [2.24, 2.45) is 0 Å². The van der Waals surface area contributed by atoms with Crippen molar-refractivity contribution in [3.8, 4) is 11.1 Å². The number of aliphatic hydroxyl groups is 2. The normalized spacial score (nSPS) is 13.1. The molecule has 0 heterocycles. The molecule has 0 atom stereocenters. The Balaban J connectivity index is 1.80. The van der Waals surface area contributed by atoms with Crippen LogP contribution in [0.5, 0.6) is 0 Å². The van der Waals surface area contributed by atoms with E-state index in [0.29, 0.717) is 37.6 Å². The zero-order valence-corrected chi connectivity index (χ0v) is 31.4. The van der Waals surface area contributed by atoms with E-state index in [1.54, 1.807) is 0 Å². The molecule has 1 aliphatic rings. The molecule has 0 radical (unpaired) electrons. The van der Waals surface area contributed by atoms with E-state index in [1.807, 2.05) is 12.2 Å². The third-order valence-corrected chi connectivity index (χ3v) is 10.4. The SMILES string of the molecule is C=C(/C=C\c1cc(C2(c3cc(C)c(C)c(/C=C\C(=C)OCCCO)c3)c3ccc(CC)cc3-c3cc(CC)ccc32)cc(C)c1C)OCCCO. The molecular formula is C47H54O4. The third kappa shape index (κ3) is 7.68. The molecule has 1 aliphatic carbocycles. The maximum atomic E-state index is 9.20. The molecular weight excluding hydrogens is 629 g/mol. The maximum Gasteiger partial charge on any atom is 0.112 e. The summed E-state index contributed by atoms with van der Waals surface area (Å²) in [5, 5.41) is 18.4. The van der Waals surface area contributed by atoms with Gasteiger partial charge in [-0.2, -0.15) is 0 Å². The van der Waals surface area contributed by atoms with Gasteiger partial charge in [-0.1, -0.05) is 87.7 Å². The first-order valence-electron chi connectivity index (χ1n) is 18.3. The Morgan fingerprint density at radius 2 is 1.04 bits per heavy atom. The van der Waals surface area contributed by atoms with E-state index in [0.717, 1.165) is 24.0 Å². The number of hydrogen-bond acceptors (Lipinski definition) is 4. The lowest BCUT2D eigenvalue weighted by Gasteiger charge is -2.35. The minimum atomic E-state index is -0.589. The Hall–Kier alpha value is -4.64. The van der Waals surface area contributed by atoms with E-state index in [2.05, 4.69) is 128 Å². The van der Waals surface area contributed by atoms with Crippen LogP contribution in [0, 0.1) is 27.7 Å². The molecule has 0 aromatic heterocycles. The first-order valence-corrected chi connectivity index (χ1v) is 18.3. The van der Waals surface area contributed by atoms with E-state index in [-0.39, 0.29) is 13.2 Å². The molecule has 0 fully saturated rings. The molecule has 266 valence electrons. The zero-order valence-electron chi connectivity index (χ0n) is 31.4. The molecule has 0 spiro atoms. The first kappa shape index (κ1) is 37.6. The fraction of sp³-hybridized carbons (Fsp3) is 0.319. The molecule has 5 rings (SSSR count). The van der Waals surface area contributed by atoms with Crippen molar-refractivity contribution in [1.29, 1.82) is 0 Å². The quantitative estimate of drug-likeness (QED) is 0.0618. The van der Waals surface area contributed by atoms with Gasteiger partial charge in [-0.3, -0.25) is 0 Å². The van der Waals surface area contributed by atoms with Gasteiger partial charge in [-0.05, 0) is 143 Å². The second-order valence-electron chi connectivity index (χ2n) is 13.7. The van der Waals surface area contributed by atoms with Crippen LogP contribution in [0.15, 0.2) is 97.5 Å². The van der Waals surface area contributed by atoms with Crippen LogP contribution in [0.2, 0.25) is 0 Å². The summed E-state index contributed by atoms with van der Waals surface area (Å²) in [6, 6.07) is 23.6. The highest BCUT2D eigenvalue weighted by Crippen LogP contribution is 2.57. The molecule has 4 heteroatoms. The lowest BCUT2D eigenvalue weighted by molar-refractivity contribution is 0.185. The Morgan fingerprint density at radius 1 is 0.627 bits per heavy atom. The summed E-state index contributed by atoms with van der Waals surface area (Å²) in [6.07, 6.45) is 11.1. The Bertz CT molecular complexity index is 1830. The molecule has 2 N–H and O–H groups in total. The molecule has 0 unspecified atom stereocenters. The molecule has 0 bridgehead atoms. The van der Waals surface area contributed by atoms with Crippen LogP contribution in [-0.4, -0.2) is 36.6 Å². The second kappa shape index (κ2) is 16.6. The number of ether oxygens (including phenoxy) is 2. The van der Waals surface area contributed by atoms with Crippen LogP contribution < -0.4 is 0 Å². The summed E-state index contributed by atoms with van der Waals surface area (Å²) in [5.41, 5.74) is 16.7. The molecule has 0 aliphatic heterocycles. The zero-order chi connectivity index (χ0) is 36.7. The van der Waals surface area contributed by atoms with E-state index in [1.165, 1.54) is 66.8 Å². The van der Waals surface area contributed by atoms with E-state index in [9.17, 15) is 10.2 Å². The van der Waals surface area contributed by atoms with Gasteiger partial charge in [0.05, 0.1) is 18.6 Å². The molecule has 0 saturated heterocycles. The second-order valence-corrected chi connectivity index (χ2v) is 13.7. The monoisotopic (exact) mass is 682 g/mol. The van der Waals surface area contributed by atoms with E-state index < -0.39 is 5.41 Å². The summed E-state index contributed by atoms with van der Waals surface area (Å²) < 4.78 is 11.5. The minimum absolute atomic E-state index is 0.0883. The van der Waals surface area contributed by atoms with Crippen LogP contribution >= 0.6 is 0 Å². The Morgan fingerprint density at radius 3 is 1.41 bits per heavy atom. The number of fused-ring (bicyclic) bond motifs is 3. The summed E-state index contributed by atoms with van der Waals surface area (Å²) >= 11 is 0. The van der Waals surface area contributed by atoms with Crippen LogP contribution in [0.3, 0.4) is 0 Å². The van der Waals surface area contributed by atoms with Crippen LogP contribution in [0.4, 0.5) is 0 Å². The van der Waals surface area contributed by atoms with Gasteiger partial charge in [0, 0.05) is 26.1 Å². The van der Waals surface area contributed by atoms with E-state index >= 15 is 0 Å². The average molecular weight is 683 g/mol. The summed E-state index contributed by atoms with van der Waals surface area (Å²) in [4.78, 5) is 0. The standard InChI is InChI=1S/C47H54O4/c1-9-37-15-19-45-43(27-37)44-28-38(10-2)16-20-46(44)47(45,41-25-31(3)35(7)39(29-41)17-13-33(5)50-23-11-21-48)42-26-32(4)36(8)40(30-42)18-14-34(6)51-24-12-22-49/h13-20,25-30,48-49H,5-6,9-12,21-24H2,1-4,7-8H3/b17-13-,18-14-. The molecule has 0 saturated carbocycles. The van der Waals surface area contributed by atoms with Gasteiger partial charge in [-0.25, -0.2) is 0 Å². The molecule has 4 aromatic carbocycles. The van der Waals surface area contributed by atoms with Gasteiger partial charge < -0.3 is 19.7 Å². The largest absolute Gasteiger partial charge is 0.494 e. The average Bonchev–Trinajstić information content (AvgIpc) is 3.42. The van der Waals surface area contributed by atoms with Crippen molar-refractivity contribution < 1.29 is 19.7 Å². The van der Waals surface area contributed by atoms with Crippen LogP contribution in [-0.2, 0) is 27.7 Å². The van der Waals surface area contributed by atoms with Gasteiger partial charge in [0.1, 0.15) is 11.5 Å². The van der Waals surface area contributed by atoms with Crippen molar-refractivity contribution in [2.45, 2.75) is 72.6 Å².